The fourth-order valence-electron chi connectivity index (χ4n) is 1.44. The Bertz CT molecular complexity index is 463. The number of hydrogen-bond donors (Lipinski definition) is 1. The van der Waals surface area contributed by atoms with Gasteiger partial charge in [0.25, 0.3) is 0 Å². The van der Waals surface area contributed by atoms with Crippen LogP contribution < -0.4 is 10.6 Å². The molecule has 0 unspecified atom stereocenters. The minimum atomic E-state index is 0.778. The largest absolute Gasteiger partial charge is 0.398 e. The lowest BCUT2D eigenvalue weighted by molar-refractivity contribution is 1.13. The fourth-order valence-corrected chi connectivity index (χ4v) is 1.44. The number of aromatic nitrogens is 1. The van der Waals surface area contributed by atoms with Gasteiger partial charge in [-0.2, -0.15) is 0 Å². The van der Waals surface area contributed by atoms with Crippen LogP contribution in [0.2, 0.25) is 0 Å². The first-order valence-corrected chi connectivity index (χ1v) is 4.50. The van der Waals surface area contributed by atoms with Crippen molar-refractivity contribution in [2.45, 2.75) is 0 Å². The van der Waals surface area contributed by atoms with Crippen LogP contribution >= 0.6 is 0 Å². The van der Waals surface area contributed by atoms with E-state index in [0.29, 0.717) is 0 Å². The number of anilines is 2. The van der Waals surface area contributed by atoms with Crippen molar-refractivity contribution in [3.05, 3.63) is 30.5 Å². The third-order valence-electron chi connectivity index (χ3n) is 2.28. The van der Waals surface area contributed by atoms with Gasteiger partial charge in [0, 0.05) is 37.1 Å². The molecule has 0 radical (unpaired) electrons. The molecular formula is C11H13N3. The normalized spacial score (nSPS) is 10.4. The first-order valence-electron chi connectivity index (χ1n) is 4.50. The van der Waals surface area contributed by atoms with E-state index < -0.39 is 0 Å². The average molecular weight is 187 g/mol. The van der Waals surface area contributed by atoms with E-state index >= 15 is 0 Å². The van der Waals surface area contributed by atoms with Crippen LogP contribution in [0.4, 0.5) is 11.4 Å². The molecule has 2 N–H and O–H groups in total. The van der Waals surface area contributed by atoms with E-state index in [2.05, 4.69) is 4.98 Å². The number of hydrogen-bond acceptors (Lipinski definition) is 3. The molecule has 0 aliphatic carbocycles. The SMILES string of the molecule is CN(C)c1ccc2c(N)ccnc2c1. The predicted molar refractivity (Wildman–Crippen MR) is 60.5 cm³/mol. The molecule has 0 aliphatic heterocycles. The van der Waals surface area contributed by atoms with Gasteiger partial charge >= 0.3 is 0 Å². The Balaban J connectivity index is 2.67. The summed E-state index contributed by atoms with van der Waals surface area (Å²) in [5.41, 5.74) is 8.68. The van der Waals surface area contributed by atoms with Gasteiger partial charge in [0.1, 0.15) is 0 Å². The summed E-state index contributed by atoms with van der Waals surface area (Å²) in [7, 11) is 4.01. The molecule has 0 atom stereocenters. The number of nitrogens with zero attached hydrogens (tertiary/aromatic N) is 2. The van der Waals surface area contributed by atoms with Crippen molar-refractivity contribution in [3.63, 3.8) is 0 Å². The van der Waals surface area contributed by atoms with Gasteiger partial charge in [-0.3, -0.25) is 4.98 Å². The van der Waals surface area contributed by atoms with Crippen LogP contribution in [0.15, 0.2) is 30.5 Å². The lowest BCUT2D eigenvalue weighted by Crippen LogP contribution is -2.08. The zero-order valence-electron chi connectivity index (χ0n) is 8.36. The van der Waals surface area contributed by atoms with Crippen molar-refractivity contribution in [1.82, 2.24) is 4.98 Å². The molecule has 1 aromatic heterocycles. The Morgan fingerprint density at radius 1 is 1.21 bits per heavy atom. The highest BCUT2D eigenvalue weighted by molar-refractivity contribution is 5.91. The van der Waals surface area contributed by atoms with Crippen LogP contribution in [-0.2, 0) is 0 Å². The van der Waals surface area contributed by atoms with E-state index in [0.717, 1.165) is 22.3 Å². The zero-order chi connectivity index (χ0) is 10.1. The third kappa shape index (κ3) is 1.37. The second kappa shape index (κ2) is 3.18. The van der Waals surface area contributed by atoms with Crippen LogP contribution in [0.25, 0.3) is 10.9 Å². The van der Waals surface area contributed by atoms with E-state index in [4.69, 9.17) is 5.73 Å². The molecule has 72 valence electrons. The minimum absolute atomic E-state index is 0.778. The van der Waals surface area contributed by atoms with Crippen LogP contribution in [0.3, 0.4) is 0 Å². The van der Waals surface area contributed by atoms with Gasteiger partial charge in [0.2, 0.25) is 0 Å². The van der Waals surface area contributed by atoms with Crippen molar-refractivity contribution >= 4 is 22.3 Å². The maximum absolute atomic E-state index is 5.83. The number of fused-ring (bicyclic) bond motifs is 1. The van der Waals surface area contributed by atoms with Crippen molar-refractivity contribution in [3.8, 4) is 0 Å². The Kier molecular flexibility index (Phi) is 2.00. The van der Waals surface area contributed by atoms with Crippen molar-refractivity contribution in [2.75, 3.05) is 24.7 Å². The van der Waals surface area contributed by atoms with Gasteiger partial charge in [-0.15, -0.1) is 0 Å². The van der Waals surface area contributed by atoms with E-state index in [1.54, 1.807) is 6.20 Å². The Morgan fingerprint density at radius 3 is 2.71 bits per heavy atom. The lowest BCUT2D eigenvalue weighted by Gasteiger charge is -2.12. The van der Waals surface area contributed by atoms with E-state index in [-0.39, 0.29) is 0 Å². The molecule has 1 aromatic carbocycles. The molecule has 1 heterocycles. The van der Waals surface area contributed by atoms with Crippen LogP contribution in [-0.4, -0.2) is 19.1 Å². The summed E-state index contributed by atoms with van der Waals surface area (Å²) < 4.78 is 0. The number of benzene rings is 1. The topological polar surface area (TPSA) is 42.1 Å². The van der Waals surface area contributed by atoms with Crippen LogP contribution in [0.1, 0.15) is 0 Å². The molecule has 3 nitrogen and oxygen atoms in total. The van der Waals surface area contributed by atoms with Gasteiger partial charge in [0.15, 0.2) is 0 Å². The summed E-state index contributed by atoms with van der Waals surface area (Å²) in [4.78, 5) is 6.32. The van der Waals surface area contributed by atoms with E-state index in [1.165, 1.54) is 0 Å². The summed E-state index contributed by atoms with van der Waals surface area (Å²) >= 11 is 0. The number of nitrogens with two attached hydrogens (primary N) is 1. The van der Waals surface area contributed by atoms with Crippen molar-refractivity contribution in [2.24, 2.45) is 0 Å². The Labute approximate surface area is 83.2 Å². The minimum Gasteiger partial charge on any atom is -0.398 e. The molecule has 0 aliphatic rings. The summed E-state index contributed by atoms with van der Waals surface area (Å²) in [6.07, 6.45) is 1.73. The maximum atomic E-state index is 5.83. The molecule has 0 fully saturated rings. The molecule has 3 heteroatoms. The molecular weight excluding hydrogens is 174 g/mol. The second-order valence-corrected chi connectivity index (χ2v) is 3.50. The van der Waals surface area contributed by atoms with Gasteiger partial charge in [-0.05, 0) is 24.3 Å². The first-order chi connectivity index (χ1) is 6.68. The molecule has 2 aromatic rings. The first kappa shape index (κ1) is 8.81. The third-order valence-corrected chi connectivity index (χ3v) is 2.28. The van der Waals surface area contributed by atoms with Gasteiger partial charge in [0.05, 0.1) is 5.52 Å². The number of nitrogen functional groups attached to an aromatic ring is 1. The van der Waals surface area contributed by atoms with E-state index in [1.807, 2.05) is 43.3 Å². The van der Waals surface area contributed by atoms with Gasteiger partial charge in [-0.1, -0.05) is 0 Å². The van der Waals surface area contributed by atoms with Gasteiger partial charge in [-0.25, -0.2) is 0 Å². The zero-order valence-corrected chi connectivity index (χ0v) is 8.36. The predicted octanol–water partition coefficient (Wildman–Crippen LogP) is 1.88. The number of rotatable bonds is 1. The average Bonchev–Trinajstić information content (AvgIpc) is 2.17. The summed E-state index contributed by atoms with van der Waals surface area (Å²) in [6.45, 7) is 0. The quantitative estimate of drug-likeness (QED) is 0.741. The van der Waals surface area contributed by atoms with E-state index in [9.17, 15) is 0 Å². The molecule has 0 saturated carbocycles. The molecule has 14 heavy (non-hydrogen) atoms. The van der Waals surface area contributed by atoms with Crippen LogP contribution in [0, 0.1) is 0 Å². The second-order valence-electron chi connectivity index (χ2n) is 3.50. The Morgan fingerprint density at radius 2 is 2.00 bits per heavy atom. The van der Waals surface area contributed by atoms with Crippen LogP contribution in [0.5, 0.6) is 0 Å². The monoisotopic (exact) mass is 187 g/mol. The van der Waals surface area contributed by atoms with Crippen molar-refractivity contribution in [1.29, 1.82) is 0 Å². The number of pyridine rings is 1. The smallest absolute Gasteiger partial charge is 0.0743 e. The lowest BCUT2D eigenvalue weighted by atomic mass is 10.1. The highest BCUT2D eigenvalue weighted by Gasteiger charge is 2.00. The molecule has 0 saturated heterocycles. The summed E-state index contributed by atoms with van der Waals surface area (Å²) in [5.74, 6) is 0. The Hall–Kier alpha value is -1.77. The molecule has 0 spiro atoms. The summed E-state index contributed by atoms with van der Waals surface area (Å²) in [5, 5.41) is 1.01. The standard InChI is InChI=1S/C11H13N3/c1-14(2)8-3-4-9-10(12)5-6-13-11(9)7-8/h3-7H,1-2H3,(H2,12,13). The summed E-state index contributed by atoms with van der Waals surface area (Å²) in [6, 6.07) is 7.90. The van der Waals surface area contributed by atoms with Crippen molar-refractivity contribution < 1.29 is 0 Å². The van der Waals surface area contributed by atoms with Gasteiger partial charge < -0.3 is 10.6 Å². The highest BCUT2D eigenvalue weighted by Crippen LogP contribution is 2.22. The maximum Gasteiger partial charge on any atom is 0.0743 e. The molecule has 2 rings (SSSR count). The molecule has 0 bridgehead atoms. The fraction of sp³-hybridized carbons (Fsp3) is 0.182. The highest BCUT2D eigenvalue weighted by atomic mass is 15.1. The molecule has 0 amide bonds.